The molecule has 0 saturated heterocycles. The zero-order valence-electron chi connectivity index (χ0n) is 15.1. The Bertz CT molecular complexity index is 798. The van der Waals surface area contributed by atoms with Crippen LogP contribution in [0.4, 0.5) is 0 Å². The van der Waals surface area contributed by atoms with Gasteiger partial charge in [-0.05, 0) is 55.3 Å². The molecule has 2 rings (SSSR count). The molecule has 0 saturated carbocycles. The van der Waals surface area contributed by atoms with Crippen LogP contribution in [0.5, 0.6) is 17.2 Å². The molecule has 0 bridgehead atoms. The van der Waals surface area contributed by atoms with E-state index >= 15 is 0 Å². The second kappa shape index (κ2) is 9.24. The minimum Gasteiger partial charge on any atom is -0.497 e. The highest BCUT2D eigenvalue weighted by Crippen LogP contribution is 2.27. The lowest BCUT2D eigenvalue weighted by Gasteiger charge is -2.12. The molecular formula is C19H21BrN2O4. The third-order valence-electron chi connectivity index (χ3n) is 3.60. The van der Waals surface area contributed by atoms with Crippen molar-refractivity contribution in [2.24, 2.45) is 5.10 Å². The maximum absolute atomic E-state index is 12.0. The molecule has 0 aliphatic carbocycles. The van der Waals surface area contributed by atoms with Crippen LogP contribution in [-0.2, 0) is 4.79 Å². The van der Waals surface area contributed by atoms with Crippen molar-refractivity contribution in [3.63, 3.8) is 0 Å². The fraction of sp³-hybridized carbons (Fsp3) is 0.263. The van der Waals surface area contributed by atoms with E-state index < -0.39 is 0 Å². The summed E-state index contributed by atoms with van der Waals surface area (Å²) in [6.07, 6.45) is 1.50. The minimum atomic E-state index is -0.357. The number of rotatable bonds is 7. The van der Waals surface area contributed by atoms with E-state index in [-0.39, 0.29) is 12.5 Å². The molecular weight excluding hydrogens is 400 g/mol. The van der Waals surface area contributed by atoms with Crippen LogP contribution in [0.1, 0.15) is 16.7 Å². The topological polar surface area (TPSA) is 69.2 Å². The van der Waals surface area contributed by atoms with Gasteiger partial charge in [0.2, 0.25) is 0 Å². The first-order chi connectivity index (χ1) is 12.4. The Balaban J connectivity index is 1.96. The van der Waals surface area contributed by atoms with Crippen LogP contribution in [0.3, 0.4) is 0 Å². The molecule has 26 heavy (non-hydrogen) atoms. The number of hydrogen-bond acceptors (Lipinski definition) is 5. The average molecular weight is 421 g/mol. The predicted octanol–water partition coefficient (Wildman–Crippen LogP) is 3.61. The van der Waals surface area contributed by atoms with E-state index in [9.17, 15) is 4.79 Å². The maximum atomic E-state index is 12.0. The normalized spacial score (nSPS) is 10.7. The number of ether oxygens (including phenoxy) is 3. The standard InChI is InChI=1S/C19H21BrN2O4/c1-12-7-15(20)8-13(2)19(12)26-11-18(23)22-21-10-14-9-16(24-3)5-6-17(14)25-4/h5-10H,11H2,1-4H3,(H,22,23)/b21-10+. The fourth-order valence-electron chi connectivity index (χ4n) is 2.41. The highest BCUT2D eigenvalue weighted by atomic mass is 79.9. The second-order valence-corrected chi connectivity index (χ2v) is 6.47. The van der Waals surface area contributed by atoms with E-state index in [0.29, 0.717) is 22.8 Å². The Hall–Kier alpha value is -2.54. The van der Waals surface area contributed by atoms with E-state index in [1.807, 2.05) is 26.0 Å². The van der Waals surface area contributed by atoms with Crippen molar-refractivity contribution >= 4 is 28.1 Å². The number of aryl methyl sites for hydroxylation is 2. The number of carbonyl (C=O) groups excluding carboxylic acids is 1. The van der Waals surface area contributed by atoms with Gasteiger partial charge >= 0.3 is 0 Å². The van der Waals surface area contributed by atoms with Gasteiger partial charge in [0.1, 0.15) is 17.2 Å². The summed E-state index contributed by atoms with van der Waals surface area (Å²) in [5, 5.41) is 3.95. The molecule has 0 aliphatic heterocycles. The fourth-order valence-corrected chi connectivity index (χ4v) is 3.10. The van der Waals surface area contributed by atoms with E-state index in [1.165, 1.54) is 6.21 Å². The quantitative estimate of drug-likeness (QED) is 0.548. The molecule has 0 aromatic heterocycles. The number of amides is 1. The first-order valence-corrected chi connectivity index (χ1v) is 8.67. The lowest BCUT2D eigenvalue weighted by Crippen LogP contribution is -2.25. The van der Waals surface area contributed by atoms with Crippen LogP contribution in [0, 0.1) is 13.8 Å². The Morgan fingerprint density at radius 1 is 1.15 bits per heavy atom. The minimum absolute atomic E-state index is 0.129. The van der Waals surface area contributed by atoms with Gasteiger partial charge in [0.05, 0.1) is 20.4 Å². The third kappa shape index (κ3) is 5.23. The summed E-state index contributed by atoms with van der Waals surface area (Å²) in [5.74, 6) is 1.64. The molecule has 1 N–H and O–H groups in total. The van der Waals surface area contributed by atoms with Crippen molar-refractivity contribution in [1.29, 1.82) is 0 Å². The molecule has 0 spiro atoms. The number of nitrogens with zero attached hydrogens (tertiary/aromatic N) is 1. The summed E-state index contributed by atoms with van der Waals surface area (Å²) in [6.45, 7) is 3.73. The third-order valence-corrected chi connectivity index (χ3v) is 4.06. The monoisotopic (exact) mass is 420 g/mol. The van der Waals surface area contributed by atoms with Crippen molar-refractivity contribution in [2.75, 3.05) is 20.8 Å². The Labute approximate surface area is 161 Å². The van der Waals surface area contributed by atoms with Crippen molar-refractivity contribution in [3.05, 3.63) is 51.5 Å². The molecule has 2 aromatic rings. The van der Waals surface area contributed by atoms with E-state index in [2.05, 4.69) is 26.5 Å². The molecule has 0 heterocycles. The van der Waals surface area contributed by atoms with Crippen LogP contribution in [0.2, 0.25) is 0 Å². The molecule has 7 heteroatoms. The van der Waals surface area contributed by atoms with Gasteiger partial charge in [-0.25, -0.2) is 5.43 Å². The number of carbonyl (C=O) groups is 1. The molecule has 0 unspecified atom stereocenters. The molecule has 0 radical (unpaired) electrons. The van der Waals surface area contributed by atoms with Crippen molar-refractivity contribution in [1.82, 2.24) is 5.43 Å². The molecule has 0 fully saturated rings. The lowest BCUT2D eigenvalue weighted by atomic mass is 10.1. The first kappa shape index (κ1) is 19.8. The molecule has 2 aromatic carbocycles. The van der Waals surface area contributed by atoms with Crippen molar-refractivity contribution in [2.45, 2.75) is 13.8 Å². The molecule has 1 amide bonds. The van der Waals surface area contributed by atoms with Gasteiger partial charge in [-0.2, -0.15) is 5.10 Å². The van der Waals surface area contributed by atoms with Crippen molar-refractivity contribution < 1.29 is 19.0 Å². The van der Waals surface area contributed by atoms with Gasteiger partial charge in [-0.1, -0.05) is 15.9 Å². The van der Waals surface area contributed by atoms with Gasteiger partial charge in [0, 0.05) is 10.0 Å². The first-order valence-electron chi connectivity index (χ1n) is 7.88. The summed E-state index contributed by atoms with van der Waals surface area (Å²) in [4.78, 5) is 12.0. The van der Waals surface area contributed by atoms with E-state index in [4.69, 9.17) is 14.2 Å². The van der Waals surface area contributed by atoms with Gasteiger partial charge < -0.3 is 14.2 Å². The number of methoxy groups -OCH3 is 2. The zero-order valence-corrected chi connectivity index (χ0v) is 16.7. The Morgan fingerprint density at radius 3 is 2.46 bits per heavy atom. The van der Waals surface area contributed by atoms with Crippen LogP contribution in [-0.4, -0.2) is 32.9 Å². The summed E-state index contributed by atoms with van der Waals surface area (Å²) < 4.78 is 17.0. The highest BCUT2D eigenvalue weighted by Gasteiger charge is 2.08. The number of hydrogen-bond donors (Lipinski definition) is 1. The largest absolute Gasteiger partial charge is 0.497 e. The van der Waals surface area contributed by atoms with E-state index in [0.717, 1.165) is 15.6 Å². The zero-order chi connectivity index (χ0) is 19.1. The smallest absolute Gasteiger partial charge is 0.277 e. The predicted molar refractivity (Wildman–Crippen MR) is 104 cm³/mol. The van der Waals surface area contributed by atoms with Gasteiger partial charge in [-0.3, -0.25) is 4.79 Å². The second-order valence-electron chi connectivity index (χ2n) is 5.56. The summed E-state index contributed by atoms with van der Waals surface area (Å²) in [7, 11) is 3.14. The summed E-state index contributed by atoms with van der Waals surface area (Å²) in [6, 6.07) is 9.19. The van der Waals surface area contributed by atoms with Crippen LogP contribution in [0.25, 0.3) is 0 Å². The molecule has 6 nitrogen and oxygen atoms in total. The maximum Gasteiger partial charge on any atom is 0.277 e. The lowest BCUT2D eigenvalue weighted by molar-refractivity contribution is -0.123. The van der Waals surface area contributed by atoms with Crippen LogP contribution >= 0.6 is 15.9 Å². The Morgan fingerprint density at radius 2 is 1.85 bits per heavy atom. The molecule has 0 atom stereocenters. The van der Waals surface area contributed by atoms with Gasteiger partial charge in [0.25, 0.3) is 5.91 Å². The summed E-state index contributed by atoms with van der Waals surface area (Å²) in [5.41, 5.74) is 5.03. The molecule has 138 valence electrons. The number of hydrazone groups is 1. The SMILES string of the molecule is COc1ccc(OC)c(/C=N/NC(=O)COc2c(C)cc(Br)cc2C)c1. The van der Waals surface area contributed by atoms with Crippen LogP contribution in [0.15, 0.2) is 39.9 Å². The van der Waals surface area contributed by atoms with Crippen molar-refractivity contribution in [3.8, 4) is 17.2 Å². The van der Waals surface area contributed by atoms with E-state index in [1.54, 1.807) is 32.4 Å². The van der Waals surface area contributed by atoms with Gasteiger partial charge in [0.15, 0.2) is 6.61 Å². The number of nitrogens with one attached hydrogen (secondary N) is 1. The number of benzene rings is 2. The highest BCUT2D eigenvalue weighted by molar-refractivity contribution is 9.10. The number of halogens is 1. The summed E-state index contributed by atoms with van der Waals surface area (Å²) >= 11 is 3.43. The van der Waals surface area contributed by atoms with Gasteiger partial charge in [-0.15, -0.1) is 0 Å². The molecule has 0 aliphatic rings. The van der Waals surface area contributed by atoms with Crippen LogP contribution < -0.4 is 19.6 Å². The Kier molecular flexibility index (Phi) is 7.03. The average Bonchev–Trinajstić information content (AvgIpc) is 2.60.